The van der Waals surface area contributed by atoms with E-state index >= 15 is 0 Å². The smallest absolute Gasteiger partial charge is 0.258 e. The number of rotatable bonds is 6. The number of pyridine rings is 1. The van der Waals surface area contributed by atoms with Gasteiger partial charge in [-0.3, -0.25) is 14.5 Å². The van der Waals surface area contributed by atoms with Crippen LogP contribution in [0.3, 0.4) is 0 Å². The molecule has 0 saturated carbocycles. The predicted octanol–water partition coefficient (Wildman–Crippen LogP) is 2.74. The standard InChI is InChI=1S/C25H31N3O3/c1-4-9-18-12-13-20-23-22(24(30)26-16(3)17-10-7-6-8-11-17)19(15-29)21(27(23)5-2)14-28(20)25(18)31/h4,6-13,16,19,21-23,29H,5,14-15H2,1-3H3,(H,26,30)/b9-4-/t16-,19+,21+,22-,23-/m1/s1. The summed E-state index contributed by atoms with van der Waals surface area (Å²) in [7, 11) is 0. The van der Waals surface area contributed by atoms with Crippen LogP contribution in [0.1, 0.15) is 49.7 Å². The summed E-state index contributed by atoms with van der Waals surface area (Å²) < 4.78 is 1.81. The number of aromatic nitrogens is 1. The first-order chi connectivity index (χ1) is 15.0. The van der Waals surface area contributed by atoms with Crippen LogP contribution in [-0.4, -0.2) is 39.7 Å². The molecule has 1 saturated heterocycles. The number of hydrogen-bond donors (Lipinski definition) is 2. The third kappa shape index (κ3) is 3.64. The van der Waals surface area contributed by atoms with Crippen molar-refractivity contribution in [1.29, 1.82) is 0 Å². The third-order valence-corrected chi connectivity index (χ3v) is 6.87. The topological polar surface area (TPSA) is 74.6 Å². The normalized spacial score (nSPS) is 26.1. The lowest BCUT2D eigenvalue weighted by Gasteiger charge is -2.37. The van der Waals surface area contributed by atoms with E-state index in [0.717, 1.165) is 17.8 Å². The van der Waals surface area contributed by atoms with Crippen molar-refractivity contribution in [2.24, 2.45) is 11.8 Å². The minimum atomic E-state index is -0.415. The number of benzene rings is 1. The van der Waals surface area contributed by atoms with E-state index in [-0.39, 0.29) is 42.1 Å². The molecule has 0 spiro atoms. The van der Waals surface area contributed by atoms with E-state index < -0.39 is 5.92 Å². The lowest BCUT2D eigenvalue weighted by Crippen LogP contribution is -2.46. The summed E-state index contributed by atoms with van der Waals surface area (Å²) in [5.74, 6) is -0.709. The van der Waals surface area contributed by atoms with Gasteiger partial charge in [-0.15, -0.1) is 0 Å². The molecule has 31 heavy (non-hydrogen) atoms. The van der Waals surface area contributed by atoms with Crippen molar-refractivity contribution in [2.45, 2.75) is 45.4 Å². The largest absolute Gasteiger partial charge is 0.396 e. The van der Waals surface area contributed by atoms with Crippen LogP contribution in [0.5, 0.6) is 0 Å². The Bertz CT molecular complexity index is 1030. The first kappa shape index (κ1) is 21.5. The van der Waals surface area contributed by atoms with Crippen LogP contribution in [0, 0.1) is 11.8 Å². The van der Waals surface area contributed by atoms with Crippen molar-refractivity contribution in [3.05, 3.63) is 75.7 Å². The molecule has 2 aliphatic heterocycles. The number of fused-ring (bicyclic) bond motifs is 4. The van der Waals surface area contributed by atoms with Crippen LogP contribution in [0.4, 0.5) is 0 Å². The van der Waals surface area contributed by atoms with Crippen molar-refractivity contribution < 1.29 is 9.90 Å². The van der Waals surface area contributed by atoms with Crippen molar-refractivity contribution in [1.82, 2.24) is 14.8 Å². The zero-order chi connectivity index (χ0) is 22.1. The second-order valence-corrected chi connectivity index (χ2v) is 8.49. The molecule has 164 valence electrons. The SMILES string of the molecule is C/C=C\c1ccc2n(c1=O)C[C@H]1[C@H](CO)[C@@H](C(=O)N[C@H](C)c3ccccc3)[C@@H]2N1CC. The van der Waals surface area contributed by atoms with Gasteiger partial charge in [0.15, 0.2) is 0 Å². The third-order valence-electron chi connectivity index (χ3n) is 6.87. The van der Waals surface area contributed by atoms with Gasteiger partial charge in [0.25, 0.3) is 5.56 Å². The van der Waals surface area contributed by atoms with Gasteiger partial charge in [-0.05, 0) is 38.1 Å². The zero-order valence-corrected chi connectivity index (χ0v) is 18.4. The van der Waals surface area contributed by atoms with Gasteiger partial charge in [0, 0.05) is 36.4 Å². The quantitative estimate of drug-likeness (QED) is 0.752. The molecular weight excluding hydrogens is 390 g/mol. The Balaban J connectivity index is 1.72. The highest BCUT2D eigenvalue weighted by atomic mass is 16.3. The molecule has 6 heteroatoms. The summed E-state index contributed by atoms with van der Waals surface area (Å²) in [5, 5.41) is 13.4. The number of nitrogens with one attached hydrogen (secondary N) is 1. The molecule has 2 aromatic rings. The van der Waals surface area contributed by atoms with Gasteiger partial charge in [-0.2, -0.15) is 0 Å². The number of nitrogens with zero attached hydrogens (tertiary/aromatic N) is 2. The molecule has 4 rings (SSSR count). The number of aliphatic hydroxyl groups excluding tert-OH is 1. The highest BCUT2D eigenvalue weighted by molar-refractivity contribution is 5.81. The van der Waals surface area contributed by atoms with E-state index in [9.17, 15) is 14.7 Å². The monoisotopic (exact) mass is 421 g/mol. The average molecular weight is 422 g/mol. The van der Waals surface area contributed by atoms with Crippen molar-refractivity contribution >= 4 is 12.0 Å². The first-order valence-electron chi connectivity index (χ1n) is 11.1. The van der Waals surface area contributed by atoms with Crippen LogP contribution >= 0.6 is 0 Å². The fourth-order valence-electron chi connectivity index (χ4n) is 5.41. The van der Waals surface area contributed by atoms with Gasteiger partial charge in [-0.25, -0.2) is 0 Å². The molecule has 2 N–H and O–H groups in total. The van der Waals surface area contributed by atoms with E-state index in [0.29, 0.717) is 12.1 Å². The summed E-state index contributed by atoms with van der Waals surface area (Å²) >= 11 is 0. The Morgan fingerprint density at radius 2 is 2.00 bits per heavy atom. The van der Waals surface area contributed by atoms with Crippen LogP contribution in [0.2, 0.25) is 0 Å². The van der Waals surface area contributed by atoms with E-state index in [1.54, 1.807) is 0 Å². The Morgan fingerprint density at radius 1 is 1.26 bits per heavy atom. The van der Waals surface area contributed by atoms with Gasteiger partial charge >= 0.3 is 0 Å². The molecule has 6 nitrogen and oxygen atoms in total. The molecule has 1 aromatic heterocycles. The lowest BCUT2D eigenvalue weighted by molar-refractivity contribution is -0.128. The Morgan fingerprint density at radius 3 is 2.65 bits per heavy atom. The fraction of sp³-hybridized carbons (Fsp3) is 0.440. The summed E-state index contributed by atoms with van der Waals surface area (Å²) in [5.41, 5.74) is 2.52. The number of likely N-dealkylation sites (N-methyl/N-ethyl adjacent to an activating group) is 1. The molecule has 0 radical (unpaired) electrons. The number of allylic oxidation sites excluding steroid dienone is 1. The summed E-state index contributed by atoms with van der Waals surface area (Å²) in [4.78, 5) is 28.9. The number of carbonyl (C=O) groups excluding carboxylic acids is 1. The number of amides is 1. The maximum absolute atomic E-state index is 13.5. The van der Waals surface area contributed by atoms with Crippen LogP contribution in [0.15, 0.2) is 53.3 Å². The summed E-state index contributed by atoms with van der Waals surface area (Å²) in [6.07, 6.45) is 3.68. The fourth-order valence-corrected chi connectivity index (χ4v) is 5.41. The van der Waals surface area contributed by atoms with Gasteiger partial charge in [0.2, 0.25) is 5.91 Å². The van der Waals surface area contributed by atoms with Crippen molar-refractivity contribution in [2.75, 3.05) is 13.2 Å². The summed E-state index contributed by atoms with van der Waals surface area (Å²) in [6.45, 7) is 7.11. The lowest BCUT2D eigenvalue weighted by atomic mass is 9.86. The summed E-state index contributed by atoms with van der Waals surface area (Å²) in [6, 6.07) is 13.3. The van der Waals surface area contributed by atoms with Crippen LogP contribution in [0.25, 0.3) is 6.08 Å². The maximum Gasteiger partial charge on any atom is 0.258 e. The molecule has 0 aliphatic carbocycles. The van der Waals surface area contributed by atoms with Crippen LogP contribution in [-0.2, 0) is 11.3 Å². The second kappa shape index (κ2) is 8.81. The Kier molecular flexibility index (Phi) is 6.12. The molecule has 0 unspecified atom stereocenters. The van der Waals surface area contributed by atoms with Gasteiger partial charge in [-0.1, -0.05) is 49.4 Å². The molecule has 5 atom stereocenters. The molecule has 1 aromatic carbocycles. The van der Waals surface area contributed by atoms with E-state index in [1.807, 2.05) is 73.0 Å². The molecule has 1 fully saturated rings. The maximum atomic E-state index is 13.5. The van der Waals surface area contributed by atoms with Gasteiger partial charge < -0.3 is 15.0 Å². The number of hydrogen-bond acceptors (Lipinski definition) is 4. The Hall–Kier alpha value is -2.70. The van der Waals surface area contributed by atoms with Gasteiger partial charge in [0.05, 0.1) is 18.0 Å². The highest BCUT2D eigenvalue weighted by Crippen LogP contribution is 2.48. The first-order valence-corrected chi connectivity index (χ1v) is 11.1. The average Bonchev–Trinajstić information content (AvgIpc) is 3.02. The molecule has 2 aliphatic rings. The van der Waals surface area contributed by atoms with E-state index in [4.69, 9.17) is 0 Å². The minimum Gasteiger partial charge on any atom is -0.396 e. The number of carbonyl (C=O) groups is 1. The molecule has 1 amide bonds. The molecule has 2 bridgehead atoms. The number of aliphatic hydroxyl groups is 1. The Labute approximate surface area is 183 Å². The van der Waals surface area contributed by atoms with Crippen molar-refractivity contribution in [3.63, 3.8) is 0 Å². The second-order valence-electron chi connectivity index (χ2n) is 8.49. The molecular formula is C25H31N3O3. The van der Waals surface area contributed by atoms with Gasteiger partial charge in [0.1, 0.15) is 0 Å². The zero-order valence-electron chi connectivity index (χ0n) is 18.4. The van der Waals surface area contributed by atoms with E-state index in [1.165, 1.54) is 0 Å². The van der Waals surface area contributed by atoms with Crippen LogP contribution < -0.4 is 10.9 Å². The molecule has 3 heterocycles. The van der Waals surface area contributed by atoms with Crippen molar-refractivity contribution in [3.8, 4) is 0 Å². The highest BCUT2D eigenvalue weighted by Gasteiger charge is 2.55. The van der Waals surface area contributed by atoms with E-state index in [2.05, 4.69) is 17.1 Å². The predicted molar refractivity (Wildman–Crippen MR) is 121 cm³/mol. The minimum absolute atomic E-state index is 0.0308.